The van der Waals surface area contributed by atoms with Crippen molar-refractivity contribution >= 4 is 17.4 Å². The van der Waals surface area contributed by atoms with Crippen LogP contribution in [0.2, 0.25) is 5.02 Å². The Morgan fingerprint density at radius 1 is 1.47 bits per heavy atom. The van der Waals surface area contributed by atoms with E-state index < -0.39 is 0 Å². The highest BCUT2D eigenvalue weighted by atomic mass is 35.5. The minimum Gasteiger partial charge on any atom is -0.300 e. The van der Waals surface area contributed by atoms with Crippen LogP contribution in [-0.2, 0) is 0 Å². The van der Waals surface area contributed by atoms with Crippen LogP contribution in [0.3, 0.4) is 0 Å². The lowest BCUT2D eigenvalue weighted by molar-refractivity contribution is 0.0954. The predicted molar refractivity (Wildman–Crippen MR) is 79.8 cm³/mol. The summed E-state index contributed by atoms with van der Waals surface area (Å²) < 4.78 is 0. The van der Waals surface area contributed by atoms with Gasteiger partial charge in [0.2, 0.25) is 0 Å². The molecule has 1 saturated heterocycles. The zero-order valence-electron chi connectivity index (χ0n) is 11.7. The zero-order chi connectivity index (χ0) is 13.8. The van der Waals surface area contributed by atoms with Gasteiger partial charge in [-0.25, -0.2) is 0 Å². The van der Waals surface area contributed by atoms with Gasteiger partial charge in [-0.05, 0) is 37.4 Å². The number of rotatable bonds is 5. The van der Waals surface area contributed by atoms with Crippen molar-refractivity contribution in [3.63, 3.8) is 0 Å². The summed E-state index contributed by atoms with van der Waals surface area (Å²) in [5.74, 6) is 0.862. The molecule has 0 bridgehead atoms. The fraction of sp³-hybridized carbons (Fsp3) is 0.562. The van der Waals surface area contributed by atoms with Crippen molar-refractivity contribution < 1.29 is 4.79 Å². The maximum absolute atomic E-state index is 12.1. The topological polar surface area (TPSA) is 20.3 Å². The van der Waals surface area contributed by atoms with E-state index >= 15 is 0 Å². The predicted octanol–water partition coefficient (Wildman–Crippen LogP) is 4.03. The highest BCUT2D eigenvalue weighted by molar-refractivity contribution is 6.31. The highest BCUT2D eigenvalue weighted by Gasteiger charge is 2.26. The fourth-order valence-corrected chi connectivity index (χ4v) is 3.13. The molecular formula is C16H22ClNO. The number of hydrogen-bond donors (Lipinski definition) is 0. The van der Waals surface area contributed by atoms with E-state index in [0.29, 0.717) is 23.4 Å². The second-order valence-corrected chi connectivity index (χ2v) is 6.11. The summed E-state index contributed by atoms with van der Waals surface area (Å²) in [6, 6.07) is 7.88. The average Bonchev–Trinajstić information content (AvgIpc) is 2.84. The Bertz CT molecular complexity index is 444. The molecule has 0 aromatic heterocycles. The number of likely N-dealkylation sites (tertiary alicyclic amines) is 1. The monoisotopic (exact) mass is 279 g/mol. The normalized spacial score (nSPS) is 20.1. The number of carbonyl (C=O) groups excluding carboxylic acids is 1. The summed E-state index contributed by atoms with van der Waals surface area (Å²) in [5.41, 5.74) is 0.729. The Hall–Kier alpha value is -0.860. The maximum Gasteiger partial charge on any atom is 0.164 e. The number of Topliss-reactive ketones (excluding diaryl/α,β-unsaturated/α-hetero) is 1. The lowest BCUT2D eigenvalue weighted by Gasteiger charge is -2.27. The van der Waals surface area contributed by atoms with E-state index in [4.69, 9.17) is 11.6 Å². The SMILES string of the molecule is CC(C)C1CCCN1CCC(=O)c1cccc(Cl)c1. The summed E-state index contributed by atoms with van der Waals surface area (Å²) in [6.45, 7) is 6.53. The van der Waals surface area contributed by atoms with Crippen LogP contribution in [0.4, 0.5) is 0 Å². The summed E-state index contributed by atoms with van der Waals surface area (Å²) in [5, 5.41) is 0.632. The third kappa shape index (κ3) is 3.80. The largest absolute Gasteiger partial charge is 0.300 e. The molecule has 0 aliphatic carbocycles. The van der Waals surface area contributed by atoms with Crippen molar-refractivity contribution in [1.29, 1.82) is 0 Å². The molecule has 1 fully saturated rings. The van der Waals surface area contributed by atoms with Crippen molar-refractivity contribution in [2.24, 2.45) is 5.92 Å². The van der Waals surface area contributed by atoms with Crippen molar-refractivity contribution in [3.05, 3.63) is 34.9 Å². The molecule has 0 spiro atoms. The standard InChI is InChI=1S/C16H22ClNO/c1-12(2)15-7-4-9-18(15)10-8-16(19)13-5-3-6-14(17)11-13/h3,5-6,11-12,15H,4,7-10H2,1-2H3. The van der Waals surface area contributed by atoms with Gasteiger partial charge in [0.1, 0.15) is 0 Å². The van der Waals surface area contributed by atoms with E-state index in [1.54, 1.807) is 12.1 Å². The first-order valence-electron chi connectivity index (χ1n) is 7.10. The number of halogens is 1. The molecule has 0 saturated carbocycles. The molecule has 1 heterocycles. The van der Waals surface area contributed by atoms with Gasteiger partial charge in [-0.1, -0.05) is 37.6 Å². The first kappa shape index (κ1) is 14.5. The fourth-order valence-electron chi connectivity index (χ4n) is 2.94. The molecule has 1 aliphatic rings. The quantitative estimate of drug-likeness (QED) is 0.759. The first-order chi connectivity index (χ1) is 9.08. The number of benzene rings is 1. The van der Waals surface area contributed by atoms with Crippen LogP contribution in [0.15, 0.2) is 24.3 Å². The van der Waals surface area contributed by atoms with Crippen molar-refractivity contribution in [3.8, 4) is 0 Å². The molecule has 1 aliphatic heterocycles. The molecule has 104 valence electrons. The number of carbonyl (C=O) groups is 1. The summed E-state index contributed by atoms with van der Waals surface area (Å²) in [6.07, 6.45) is 3.11. The van der Waals surface area contributed by atoms with Gasteiger partial charge in [-0.3, -0.25) is 9.69 Å². The molecular weight excluding hydrogens is 258 g/mol. The highest BCUT2D eigenvalue weighted by Crippen LogP contribution is 2.24. The molecule has 3 heteroatoms. The van der Waals surface area contributed by atoms with Crippen LogP contribution in [0.25, 0.3) is 0 Å². The first-order valence-corrected chi connectivity index (χ1v) is 7.48. The molecule has 2 nitrogen and oxygen atoms in total. The Morgan fingerprint density at radius 3 is 2.95 bits per heavy atom. The van der Waals surface area contributed by atoms with E-state index in [-0.39, 0.29) is 5.78 Å². The van der Waals surface area contributed by atoms with E-state index in [2.05, 4.69) is 18.7 Å². The Balaban J connectivity index is 1.90. The van der Waals surface area contributed by atoms with E-state index in [1.165, 1.54) is 12.8 Å². The second kappa shape index (κ2) is 6.53. The molecule has 1 aromatic rings. The lowest BCUT2D eigenvalue weighted by atomic mass is 10.0. The summed E-state index contributed by atoms with van der Waals surface area (Å²) >= 11 is 5.92. The third-order valence-electron chi connectivity index (χ3n) is 3.96. The summed E-state index contributed by atoms with van der Waals surface area (Å²) in [4.78, 5) is 14.6. The van der Waals surface area contributed by atoms with Gasteiger partial charge >= 0.3 is 0 Å². The van der Waals surface area contributed by atoms with Crippen molar-refractivity contribution in [2.45, 2.75) is 39.2 Å². The smallest absolute Gasteiger partial charge is 0.164 e. The van der Waals surface area contributed by atoms with Gasteiger partial charge in [0, 0.05) is 29.6 Å². The lowest BCUT2D eigenvalue weighted by Crippen LogP contribution is -2.35. The molecule has 1 aromatic carbocycles. The minimum atomic E-state index is 0.192. The van der Waals surface area contributed by atoms with Crippen molar-refractivity contribution in [1.82, 2.24) is 4.90 Å². The second-order valence-electron chi connectivity index (χ2n) is 5.67. The number of ketones is 1. The van der Waals surface area contributed by atoms with Crippen LogP contribution in [0.5, 0.6) is 0 Å². The van der Waals surface area contributed by atoms with E-state index in [0.717, 1.165) is 18.7 Å². The molecule has 0 N–H and O–H groups in total. The van der Waals surface area contributed by atoms with Gasteiger partial charge in [0.25, 0.3) is 0 Å². The van der Waals surface area contributed by atoms with Crippen LogP contribution in [0, 0.1) is 5.92 Å². The Kier molecular flexibility index (Phi) is 5.00. The maximum atomic E-state index is 12.1. The van der Waals surface area contributed by atoms with Gasteiger partial charge in [-0.15, -0.1) is 0 Å². The van der Waals surface area contributed by atoms with Crippen LogP contribution < -0.4 is 0 Å². The van der Waals surface area contributed by atoms with Gasteiger partial charge in [0.05, 0.1) is 0 Å². The number of nitrogens with zero attached hydrogens (tertiary/aromatic N) is 1. The molecule has 0 radical (unpaired) electrons. The zero-order valence-corrected chi connectivity index (χ0v) is 12.5. The van der Waals surface area contributed by atoms with Crippen LogP contribution >= 0.6 is 11.6 Å². The third-order valence-corrected chi connectivity index (χ3v) is 4.19. The molecule has 2 rings (SSSR count). The van der Waals surface area contributed by atoms with Crippen LogP contribution in [0.1, 0.15) is 43.5 Å². The minimum absolute atomic E-state index is 0.192. The average molecular weight is 280 g/mol. The van der Waals surface area contributed by atoms with Gasteiger partial charge < -0.3 is 0 Å². The number of hydrogen-bond acceptors (Lipinski definition) is 2. The summed E-state index contributed by atoms with van der Waals surface area (Å²) in [7, 11) is 0. The molecule has 1 atom stereocenters. The van der Waals surface area contributed by atoms with Crippen molar-refractivity contribution in [2.75, 3.05) is 13.1 Å². The van der Waals surface area contributed by atoms with E-state index in [9.17, 15) is 4.79 Å². The van der Waals surface area contributed by atoms with E-state index in [1.807, 2.05) is 12.1 Å². The van der Waals surface area contributed by atoms with Gasteiger partial charge in [0.15, 0.2) is 5.78 Å². The Morgan fingerprint density at radius 2 is 2.26 bits per heavy atom. The molecule has 1 unspecified atom stereocenters. The van der Waals surface area contributed by atoms with Gasteiger partial charge in [-0.2, -0.15) is 0 Å². The molecule has 19 heavy (non-hydrogen) atoms. The Labute approximate surface area is 120 Å². The molecule has 0 amide bonds. The van der Waals surface area contributed by atoms with Crippen LogP contribution in [-0.4, -0.2) is 29.8 Å².